The number of fused-ring (bicyclic) bond motifs is 1. The third kappa shape index (κ3) is 1.97. The van der Waals surface area contributed by atoms with Crippen LogP contribution >= 0.6 is 0 Å². The number of imidazole rings is 1. The van der Waals surface area contributed by atoms with Gasteiger partial charge in [0.15, 0.2) is 11.2 Å². The second-order valence-corrected chi connectivity index (χ2v) is 5.23. The van der Waals surface area contributed by atoms with Crippen molar-refractivity contribution in [2.24, 2.45) is 12.8 Å². The van der Waals surface area contributed by atoms with Crippen molar-refractivity contribution in [3.05, 3.63) is 16.2 Å². The predicted molar refractivity (Wildman–Crippen MR) is 78.0 cm³/mol. The Bertz CT molecular complexity index is 797. The summed E-state index contributed by atoms with van der Waals surface area (Å²) >= 11 is 0. The van der Waals surface area contributed by atoms with Crippen LogP contribution in [0.25, 0.3) is 11.2 Å². The van der Waals surface area contributed by atoms with Gasteiger partial charge in [0.05, 0.1) is 0 Å². The Labute approximate surface area is 121 Å². The molecule has 110 valence electrons. The molecule has 21 heavy (non-hydrogen) atoms. The number of nitrogens with two attached hydrogens (primary N) is 1. The van der Waals surface area contributed by atoms with Crippen molar-refractivity contribution >= 4 is 17.1 Å². The predicted octanol–water partition coefficient (Wildman–Crippen LogP) is -0.441. The van der Waals surface area contributed by atoms with E-state index in [1.807, 2.05) is 17.6 Å². The monoisotopic (exact) mass is 287 g/mol. The first-order chi connectivity index (χ1) is 10.1. The van der Waals surface area contributed by atoms with Gasteiger partial charge in [0, 0.05) is 32.7 Å². The molecule has 1 atom stereocenters. The van der Waals surface area contributed by atoms with E-state index >= 15 is 0 Å². The van der Waals surface area contributed by atoms with Crippen LogP contribution in [0.1, 0.15) is 19.2 Å². The van der Waals surface area contributed by atoms with E-state index in [1.165, 1.54) is 4.57 Å². The highest BCUT2D eigenvalue weighted by molar-refractivity contribution is 5.74. The molecule has 0 spiro atoms. The van der Waals surface area contributed by atoms with Crippen molar-refractivity contribution in [2.75, 3.05) is 18.0 Å². The number of anilines is 1. The van der Waals surface area contributed by atoms with Crippen molar-refractivity contribution in [3.63, 3.8) is 0 Å². The van der Waals surface area contributed by atoms with Gasteiger partial charge in [-0.3, -0.25) is 9.36 Å². The lowest BCUT2D eigenvalue weighted by atomic mass is 10.3. The van der Waals surface area contributed by atoms with Crippen molar-refractivity contribution in [3.8, 4) is 6.07 Å². The Hall–Kier alpha value is -2.40. The zero-order valence-corrected chi connectivity index (χ0v) is 12.1. The zero-order chi connectivity index (χ0) is 15.1. The molecule has 0 bridgehead atoms. The molecule has 0 aliphatic carbocycles. The minimum Gasteiger partial charge on any atom is -0.341 e. The maximum atomic E-state index is 12.4. The first-order valence-electron chi connectivity index (χ1n) is 6.94. The quantitative estimate of drug-likeness (QED) is 0.802. The van der Waals surface area contributed by atoms with Crippen molar-refractivity contribution in [1.29, 1.82) is 5.26 Å². The summed E-state index contributed by atoms with van der Waals surface area (Å²) in [7, 11) is 1.55. The van der Waals surface area contributed by atoms with Crippen molar-refractivity contribution < 1.29 is 0 Å². The van der Waals surface area contributed by atoms with Crippen molar-refractivity contribution in [2.45, 2.75) is 25.9 Å². The molecule has 3 rings (SSSR count). The number of aryl methyl sites for hydroxylation is 1. The normalized spacial score (nSPS) is 18.4. The van der Waals surface area contributed by atoms with Gasteiger partial charge >= 0.3 is 0 Å². The number of nitrogens with zero attached hydrogens (tertiary/aromatic N) is 6. The van der Waals surface area contributed by atoms with Gasteiger partial charge in [-0.25, -0.2) is 0 Å². The Balaban J connectivity index is 2.26. The van der Waals surface area contributed by atoms with Crippen LogP contribution in [0.5, 0.6) is 0 Å². The number of hydrogen-bond donors (Lipinski definition) is 1. The molecule has 0 amide bonds. The summed E-state index contributed by atoms with van der Waals surface area (Å²) in [5.41, 5.74) is 6.46. The Kier molecular flexibility index (Phi) is 3.14. The molecule has 2 aromatic rings. The van der Waals surface area contributed by atoms with Gasteiger partial charge in [-0.15, -0.1) is 0 Å². The third-order valence-corrected chi connectivity index (χ3v) is 3.89. The maximum Gasteiger partial charge on any atom is 0.280 e. The molecule has 8 nitrogen and oxygen atoms in total. The van der Waals surface area contributed by atoms with Crippen LogP contribution in [0.4, 0.5) is 5.95 Å². The maximum absolute atomic E-state index is 12.4. The van der Waals surface area contributed by atoms with Crippen LogP contribution in [-0.2, 0) is 13.6 Å². The van der Waals surface area contributed by atoms with Gasteiger partial charge in [0.25, 0.3) is 5.56 Å². The molecule has 3 heterocycles. The van der Waals surface area contributed by atoms with Crippen molar-refractivity contribution in [1.82, 2.24) is 19.1 Å². The van der Waals surface area contributed by atoms with Crippen LogP contribution in [-0.4, -0.2) is 38.2 Å². The smallest absolute Gasteiger partial charge is 0.280 e. The minimum absolute atomic E-state index is 0.0675. The van der Waals surface area contributed by atoms with E-state index in [-0.39, 0.29) is 17.4 Å². The lowest BCUT2D eigenvalue weighted by Crippen LogP contribution is -2.29. The largest absolute Gasteiger partial charge is 0.341 e. The first kappa shape index (κ1) is 13.6. The Morgan fingerprint density at radius 2 is 2.24 bits per heavy atom. The van der Waals surface area contributed by atoms with Crippen LogP contribution in [0.15, 0.2) is 4.79 Å². The minimum atomic E-state index is -0.249. The molecule has 0 radical (unpaired) electrons. The zero-order valence-electron chi connectivity index (χ0n) is 12.1. The topological polar surface area (TPSA) is 106 Å². The number of rotatable bonds is 2. The van der Waals surface area contributed by atoms with Crippen LogP contribution in [0.2, 0.25) is 0 Å². The van der Waals surface area contributed by atoms with E-state index in [0.29, 0.717) is 23.7 Å². The third-order valence-electron chi connectivity index (χ3n) is 3.89. The number of aromatic nitrogens is 4. The molecule has 8 heteroatoms. The van der Waals surface area contributed by atoms with Gasteiger partial charge in [-0.05, 0) is 13.3 Å². The second-order valence-electron chi connectivity index (χ2n) is 5.23. The fourth-order valence-electron chi connectivity index (χ4n) is 2.76. The molecule has 1 unspecified atom stereocenters. The molecule has 1 aliphatic rings. The molecule has 0 aromatic carbocycles. The van der Waals surface area contributed by atoms with E-state index < -0.39 is 0 Å². The van der Waals surface area contributed by atoms with E-state index in [2.05, 4.69) is 14.9 Å². The van der Waals surface area contributed by atoms with E-state index in [4.69, 9.17) is 11.0 Å². The lowest BCUT2D eigenvalue weighted by molar-refractivity contribution is 0.726. The molecule has 2 aromatic heterocycles. The fraction of sp³-hybridized carbons (Fsp3) is 0.538. The highest BCUT2D eigenvalue weighted by Crippen LogP contribution is 2.22. The summed E-state index contributed by atoms with van der Waals surface area (Å²) in [6.45, 7) is 4.10. The van der Waals surface area contributed by atoms with Gasteiger partial charge in [0.1, 0.15) is 6.07 Å². The summed E-state index contributed by atoms with van der Waals surface area (Å²) in [5.74, 6) is 0.776. The summed E-state index contributed by atoms with van der Waals surface area (Å²) in [4.78, 5) is 23.2. The Morgan fingerprint density at radius 1 is 1.48 bits per heavy atom. The fourth-order valence-corrected chi connectivity index (χ4v) is 2.76. The number of nitriles is 1. The molecular formula is C13H17N7O. The number of hydrogen-bond acceptors (Lipinski definition) is 6. The summed E-state index contributed by atoms with van der Waals surface area (Å²) in [6.07, 6.45) is 0.905. The average molecular weight is 287 g/mol. The van der Waals surface area contributed by atoms with Crippen LogP contribution in [0.3, 0.4) is 0 Å². The second kappa shape index (κ2) is 4.86. The molecule has 1 fully saturated rings. The first-order valence-corrected chi connectivity index (χ1v) is 6.94. The molecule has 1 aliphatic heterocycles. The van der Waals surface area contributed by atoms with Gasteiger partial charge < -0.3 is 15.2 Å². The van der Waals surface area contributed by atoms with Gasteiger partial charge in [0.2, 0.25) is 11.8 Å². The Morgan fingerprint density at radius 3 is 2.81 bits per heavy atom. The summed E-state index contributed by atoms with van der Waals surface area (Å²) < 4.78 is 3.11. The highest BCUT2D eigenvalue weighted by atomic mass is 16.1. The molecule has 1 saturated heterocycles. The highest BCUT2D eigenvalue weighted by Gasteiger charge is 2.26. The SMILES string of the molecule is CCn1c(N2CCC(N)C2)nc2nc(C#N)n(C)c(=O)c21. The van der Waals surface area contributed by atoms with E-state index in [9.17, 15) is 4.79 Å². The van der Waals surface area contributed by atoms with Gasteiger partial charge in [-0.1, -0.05) is 0 Å². The molecular weight excluding hydrogens is 270 g/mol. The van der Waals surface area contributed by atoms with Crippen LogP contribution in [0, 0.1) is 11.3 Å². The van der Waals surface area contributed by atoms with E-state index in [1.54, 1.807) is 7.05 Å². The molecule has 0 saturated carbocycles. The average Bonchev–Trinajstić information content (AvgIpc) is 3.05. The standard InChI is InChI=1S/C13H17N7O/c1-3-20-10-11(16-9(6-14)18(2)12(10)21)17-13(20)19-5-4-8(15)7-19/h8H,3-5,7,15H2,1-2H3. The molecule has 2 N–H and O–H groups in total. The summed E-state index contributed by atoms with van der Waals surface area (Å²) in [5, 5.41) is 9.05. The lowest BCUT2D eigenvalue weighted by Gasteiger charge is -2.17. The van der Waals surface area contributed by atoms with Crippen LogP contribution < -0.4 is 16.2 Å². The van der Waals surface area contributed by atoms with Gasteiger partial charge in [-0.2, -0.15) is 15.2 Å². The summed E-state index contributed by atoms with van der Waals surface area (Å²) in [6, 6.07) is 2.05. The van der Waals surface area contributed by atoms with E-state index in [0.717, 1.165) is 19.5 Å².